The number of carboxylic acids is 1. The van der Waals surface area contributed by atoms with Gasteiger partial charge in [0.15, 0.2) is 0 Å². The van der Waals surface area contributed by atoms with Crippen molar-refractivity contribution in [2.75, 3.05) is 6.61 Å². The van der Waals surface area contributed by atoms with Gasteiger partial charge in [-0.05, 0) is 49.6 Å². The summed E-state index contributed by atoms with van der Waals surface area (Å²) in [5.74, 6) is -0.195. The molecule has 3 aromatic rings. The zero-order valence-electron chi connectivity index (χ0n) is 12.8. The second-order valence-corrected chi connectivity index (χ2v) is 5.88. The van der Waals surface area contributed by atoms with E-state index in [9.17, 15) is 9.90 Å². The minimum Gasteiger partial charge on any atom is -0.494 e. The van der Waals surface area contributed by atoms with Crippen LogP contribution < -0.4 is 4.74 Å². The van der Waals surface area contributed by atoms with Gasteiger partial charge in [0.25, 0.3) is 0 Å². The molecule has 0 aliphatic carbocycles. The third kappa shape index (κ3) is 2.85. The molecule has 23 heavy (non-hydrogen) atoms. The maximum Gasteiger partial charge on any atom is 0.339 e. The Morgan fingerprint density at radius 3 is 2.61 bits per heavy atom. The Hall–Kier alpha value is -2.60. The van der Waals surface area contributed by atoms with Crippen molar-refractivity contribution >= 4 is 17.3 Å². The van der Waals surface area contributed by atoms with Crippen LogP contribution >= 0.6 is 11.3 Å². The van der Waals surface area contributed by atoms with Crippen molar-refractivity contribution < 1.29 is 14.6 Å². The first-order valence-electron chi connectivity index (χ1n) is 7.21. The SMILES string of the molecule is CCOc1ccc(-n2nc(C)c(C(=O)O)c2-c2cccs2)cc1. The highest BCUT2D eigenvalue weighted by Crippen LogP contribution is 2.32. The maximum atomic E-state index is 11.7. The van der Waals surface area contributed by atoms with Crippen molar-refractivity contribution in [2.24, 2.45) is 0 Å². The third-order valence-electron chi connectivity index (χ3n) is 3.42. The number of rotatable bonds is 5. The molecule has 0 saturated heterocycles. The molecule has 6 heteroatoms. The highest BCUT2D eigenvalue weighted by Gasteiger charge is 2.23. The van der Waals surface area contributed by atoms with Gasteiger partial charge in [-0.15, -0.1) is 11.3 Å². The van der Waals surface area contributed by atoms with Crippen molar-refractivity contribution in [1.29, 1.82) is 0 Å². The fourth-order valence-electron chi connectivity index (χ4n) is 2.46. The lowest BCUT2D eigenvalue weighted by Crippen LogP contribution is -2.02. The second kappa shape index (κ2) is 6.26. The lowest BCUT2D eigenvalue weighted by molar-refractivity contribution is 0.0697. The standard InChI is InChI=1S/C17H16N2O3S/c1-3-22-13-8-6-12(7-9-13)19-16(14-5-4-10-23-14)15(17(20)21)11(2)18-19/h4-10H,3H2,1-2H3,(H,20,21). The van der Waals surface area contributed by atoms with E-state index in [-0.39, 0.29) is 5.56 Å². The zero-order chi connectivity index (χ0) is 16.4. The predicted octanol–water partition coefficient (Wildman–Crippen LogP) is 4.01. The number of ether oxygens (including phenoxy) is 1. The lowest BCUT2D eigenvalue weighted by atomic mass is 10.1. The van der Waals surface area contributed by atoms with E-state index in [1.165, 1.54) is 11.3 Å². The Kier molecular flexibility index (Phi) is 4.16. The van der Waals surface area contributed by atoms with Crippen LogP contribution in [0.2, 0.25) is 0 Å². The number of nitrogens with zero attached hydrogens (tertiary/aromatic N) is 2. The first kappa shape index (κ1) is 15.3. The number of hydrogen-bond acceptors (Lipinski definition) is 4. The van der Waals surface area contributed by atoms with Crippen LogP contribution in [0.5, 0.6) is 5.75 Å². The van der Waals surface area contributed by atoms with Gasteiger partial charge < -0.3 is 9.84 Å². The number of benzene rings is 1. The van der Waals surface area contributed by atoms with Crippen LogP contribution in [0.1, 0.15) is 23.0 Å². The quantitative estimate of drug-likeness (QED) is 0.768. The summed E-state index contributed by atoms with van der Waals surface area (Å²) in [6, 6.07) is 11.3. The Bertz CT molecular complexity index is 820. The summed E-state index contributed by atoms with van der Waals surface area (Å²) >= 11 is 1.49. The van der Waals surface area contributed by atoms with E-state index in [2.05, 4.69) is 5.10 Å². The summed E-state index contributed by atoms with van der Waals surface area (Å²) in [5, 5.41) is 15.9. The topological polar surface area (TPSA) is 64.4 Å². The van der Waals surface area contributed by atoms with Crippen LogP contribution in [0, 0.1) is 6.92 Å². The average molecular weight is 328 g/mol. The maximum absolute atomic E-state index is 11.7. The van der Waals surface area contributed by atoms with Crippen molar-refractivity contribution in [1.82, 2.24) is 9.78 Å². The highest BCUT2D eigenvalue weighted by atomic mass is 32.1. The molecule has 0 radical (unpaired) electrons. The molecular formula is C17H16N2O3S. The summed E-state index contributed by atoms with van der Waals surface area (Å²) in [4.78, 5) is 12.5. The number of aryl methyl sites for hydroxylation is 1. The molecule has 0 aliphatic heterocycles. The van der Waals surface area contributed by atoms with Crippen LogP contribution in [0.4, 0.5) is 0 Å². The van der Waals surface area contributed by atoms with Crippen LogP contribution in [0.15, 0.2) is 41.8 Å². The van der Waals surface area contributed by atoms with Gasteiger partial charge in [0.05, 0.1) is 28.6 Å². The summed E-state index contributed by atoms with van der Waals surface area (Å²) < 4.78 is 7.13. The molecule has 0 saturated carbocycles. The monoisotopic (exact) mass is 328 g/mol. The van der Waals surface area contributed by atoms with E-state index < -0.39 is 5.97 Å². The molecule has 1 aromatic carbocycles. The van der Waals surface area contributed by atoms with Gasteiger partial charge in [-0.2, -0.15) is 5.10 Å². The number of thiophene rings is 1. The summed E-state index contributed by atoms with van der Waals surface area (Å²) in [7, 11) is 0. The fraction of sp³-hybridized carbons (Fsp3) is 0.176. The van der Waals surface area contributed by atoms with Crippen molar-refractivity contribution in [2.45, 2.75) is 13.8 Å². The van der Waals surface area contributed by atoms with Gasteiger partial charge in [-0.1, -0.05) is 6.07 Å². The molecular weight excluding hydrogens is 312 g/mol. The van der Waals surface area contributed by atoms with Gasteiger partial charge in [-0.25, -0.2) is 9.48 Å². The van der Waals surface area contributed by atoms with Crippen LogP contribution in [0.3, 0.4) is 0 Å². The Balaban J connectivity index is 2.16. The van der Waals surface area contributed by atoms with E-state index in [4.69, 9.17) is 4.74 Å². The molecule has 0 spiro atoms. The Morgan fingerprint density at radius 2 is 2.04 bits per heavy atom. The van der Waals surface area contributed by atoms with Gasteiger partial charge in [0, 0.05) is 0 Å². The van der Waals surface area contributed by atoms with Gasteiger partial charge in [-0.3, -0.25) is 0 Å². The molecule has 3 rings (SSSR count). The molecule has 0 amide bonds. The summed E-state index contributed by atoms with van der Waals surface area (Å²) in [6.07, 6.45) is 0. The van der Waals surface area contributed by atoms with E-state index >= 15 is 0 Å². The molecule has 5 nitrogen and oxygen atoms in total. The average Bonchev–Trinajstić information content (AvgIpc) is 3.15. The number of aromatic carboxylic acids is 1. The van der Waals surface area contributed by atoms with Gasteiger partial charge in [0.2, 0.25) is 0 Å². The second-order valence-electron chi connectivity index (χ2n) is 4.93. The molecule has 2 heterocycles. The zero-order valence-corrected chi connectivity index (χ0v) is 13.6. The third-order valence-corrected chi connectivity index (χ3v) is 4.30. The van der Waals surface area contributed by atoms with E-state index in [1.807, 2.05) is 48.7 Å². The minimum absolute atomic E-state index is 0.237. The number of carbonyl (C=O) groups is 1. The predicted molar refractivity (Wildman–Crippen MR) is 89.7 cm³/mol. The van der Waals surface area contributed by atoms with Crippen LogP contribution in [-0.4, -0.2) is 27.5 Å². The first-order chi connectivity index (χ1) is 11.1. The fourth-order valence-corrected chi connectivity index (χ4v) is 3.22. The summed E-state index contributed by atoms with van der Waals surface area (Å²) in [5.41, 5.74) is 2.14. The van der Waals surface area contributed by atoms with Crippen molar-refractivity contribution in [3.63, 3.8) is 0 Å². The van der Waals surface area contributed by atoms with Crippen LogP contribution in [0.25, 0.3) is 16.3 Å². The van der Waals surface area contributed by atoms with E-state index in [0.717, 1.165) is 16.3 Å². The Labute approximate surface area is 137 Å². The normalized spacial score (nSPS) is 10.7. The largest absolute Gasteiger partial charge is 0.494 e. The molecule has 0 aliphatic rings. The smallest absolute Gasteiger partial charge is 0.339 e. The van der Waals surface area contributed by atoms with Gasteiger partial charge in [0.1, 0.15) is 11.3 Å². The highest BCUT2D eigenvalue weighted by molar-refractivity contribution is 7.13. The number of aromatic nitrogens is 2. The Morgan fingerprint density at radius 1 is 1.30 bits per heavy atom. The lowest BCUT2D eigenvalue weighted by Gasteiger charge is -2.08. The number of hydrogen-bond donors (Lipinski definition) is 1. The molecule has 1 N–H and O–H groups in total. The van der Waals surface area contributed by atoms with Crippen LogP contribution in [-0.2, 0) is 0 Å². The molecule has 0 atom stereocenters. The molecule has 118 valence electrons. The van der Waals surface area contributed by atoms with Gasteiger partial charge >= 0.3 is 5.97 Å². The minimum atomic E-state index is -0.969. The summed E-state index contributed by atoms with van der Waals surface area (Å²) in [6.45, 7) is 4.24. The first-order valence-corrected chi connectivity index (χ1v) is 8.09. The molecule has 0 fully saturated rings. The molecule has 0 unspecified atom stereocenters. The number of carboxylic acid groups (broad SMARTS) is 1. The molecule has 0 bridgehead atoms. The molecule has 2 aromatic heterocycles. The van der Waals surface area contributed by atoms with Crippen molar-refractivity contribution in [3.8, 4) is 22.0 Å². The van der Waals surface area contributed by atoms with E-state index in [1.54, 1.807) is 11.6 Å². The van der Waals surface area contributed by atoms with Crippen molar-refractivity contribution in [3.05, 3.63) is 53.0 Å². The van der Waals surface area contributed by atoms with E-state index in [0.29, 0.717) is 18.0 Å².